The summed E-state index contributed by atoms with van der Waals surface area (Å²) in [6.45, 7) is 5.42. The van der Waals surface area contributed by atoms with Crippen LogP contribution in [0, 0.1) is 13.8 Å². The fourth-order valence-corrected chi connectivity index (χ4v) is 0.904. The fraction of sp³-hybridized carbons (Fsp3) is 0.444. The number of primary amides is 1. The second kappa shape index (κ2) is 4.04. The molecule has 0 aliphatic carbocycles. The molecule has 1 heterocycles. The lowest BCUT2D eigenvalue weighted by molar-refractivity contribution is -0.118. The largest absolute Gasteiger partial charge is 0.368 e. The van der Waals surface area contributed by atoms with Crippen molar-refractivity contribution in [2.45, 2.75) is 26.8 Å². The Bertz CT molecular complexity index is 351. The van der Waals surface area contributed by atoms with Crippen molar-refractivity contribution >= 4 is 11.7 Å². The molecule has 5 nitrogen and oxygen atoms in total. The van der Waals surface area contributed by atoms with Gasteiger partial charge < -0.3 is 11.1 Å². The summed E-state index contributed by atoms with van der Waals surface area (Å²) in [7, 11) is 0. The van der Waals surface area contributed by atoms with Gasteiger partial charge in [-0.3, -0.25) is 9.78 Å². The summed E-state index contributed by atoms with van der Waals surface area (Å²) in [6.07, 6.45) is 1.59. The van der Waals surface area contributed by atoms with E-state index in [-0.39, 0.29) is 0 Å². The summed E-state index contributed by atoms with van der Waals surface area (Å²) in [6, 6.07) is -0.439. The van der Waals surface area contributed by atoms with Gasteiger partial charge in [-0.1, -0.05) is 0 Å². The number of amides is 1. The highest BCUT2D eigenvalue weighted by Gasteiger charge is 2.09. The van der Waals surface area contributed by atoms with E-state index in [1.54, 1.807) is 13.1 Å². The lowest BCUT2D eigenvalue weighted by Gasteiger charge is -2.11. The molecular formula is C9H14N4O. The van der Waals surface area contributed by atoms with Crippen LogP contribution in [-0.2, 0) is 4.79 Å². The minimum atomic E-state index is -0.439. The molecule has 0 spiro atoms. The first kappa shape index (κ1) is 10.4. The van der Waals surface area contributed by atoms with Crippen molar-refractivity contribution in [3.05, 3.63) is 17.6 Å². The first-order chi connectivity index (χ1) is 6.50. The molecule has 0 aliphatic heterocycles. The summed E-state index contributed by atoms with van der Waals surface area (Å²) >= 11 is 0. The van der Waals surface area contributed by atoms with Crippen molar-refractivity contribution in [2.75, 3.05) is 5.32 Å². The van der Waals surface area contributed by atoms with Gasteiger partial charge in [-0.2, -0.15) is 0 Å². The number of anilines is 1. The molecule has 5 heteroatoms. The number of hydrogen-bond donors (Lipinski definition) is 2. The number of hydrogen-bond acceptors (Lipinski definition) is 4. The monoisotopic (exact) mass is 194 g/mol. The third-order valence-electron chi connectivity index (χ3n) is 1.98. The Kier molecular flexibility index (Phi) is 3.01. The Hall–Kier alpha value is -1.65. The van der Waals surface area contributed by atoms with Crippen LogP contribution in [0.4, 0.5) is 5.82 Å². The summed E-state index contributed by atoms with van der Waals surface area (Å²) in [5.74, 6) is 0.157. The molecule has 0 saturated heterocycles. The van der Waals surface area contributed by atoms with Crippen LogP contribution in [0.25, 0.3) is 0 Å². The highest BCUT2D eigenvalue weighted by molar-refractivity contribution is 5.82. The highest BCUT2D eigenvalue weighted by atomic mass is 16.1. The van der Waals surface area contributed by atoms with Gasteiger partial charge in [0, 0.05) is 0 Å². The van der Waals surface area contributed by atoms with Gasteiger partial charge in [0.25, 0.3) is 0 Å². The van der Waals surface area contributed by atoms with Gasteiger partial charge in [0.05, 0.1) is 17.6 Å². The average Bonchev–Trinajstić information content (AvgIpc) is 2.11. The highest BCUT2D eigenvalue weighted by Crippen LogP contribution is 2.06. The van der Waals surface area contributed by atoms with Gasteiger partial charge in [-0.25, -0.2) is 4.98 Å². The second-order valence-electron chi connectivity index (χ2n) is 3.19. The zero-order valence-electron chi connectivity index (χ0n) is 8.53. The van der Waals surface area contributed by atoms with Crippen molar-refractivity contribution in [1.82, 2.24) is 9.97 Å². The van der Waals surface area contributed by atoms with Crippen molar-refractivity contribution in [3.63, 3.8) is 0 Å². The van der Waals surface area contributed by atoms with Gasteiger partial charge >= 0.3 is 0 Å². The van der Waals surface area contributed by atoms with E-state index in [0.29, 0.717) is 5.82 Å². The number of nitrogens with one attached hydrogen (secondary N) is 1. The van der Waals surface area contributed by atoms with Crippen molar-refractivity contribution in [3.8, 4) is 0 Å². The van der Waals surface area contributed by atoms with E-state index in [2.05, 4.69) is 15.3 Å². The van der Waals surface area contributed by atoms with E-state index in [9.17, 15) is 4.79 Å². The second-order valence-corrected chi connectivity index (χ2v) is 3.19. The van der Waals surface area contributed by atoms with Crippen LogP contribution in [0.1, 0.15) is 18.3 Å². The maximum absolute atomic E-state index is 10.8. The van der Waals surface area contributed by atoms with Crippen molar-refractivity contribution < 1.29 is 4.79 Å². The number of aromatic nitrogens is 2. The predicted molar refractivity (Wildman–Crippen MR) is 53.8 cm³/mol. The molecule has 0 fully saturated rings. The van der Waals surface area contributed by atoms with Gasteiger partial charge in [-0.05, 0) is 20.8 Å². The molecule has 0 aliphatic rings. The molecule has 0 saturated carbocycles. The molecule has 0 aromatic carbocycles. The quantitative estimate of drug-likeness (QED) is 0.728. The van der Waals surface area contributed by atoms with E-state index in [1.165, 1.54) is 0 Å². The zero-order valence-corrected chi connectivity index (χ0v) is 8.53. The molecule has 0 radical (unpaired) electrons. The summed E-state index contributed by atoms with van der Waals surface area (Å²) < 4.78 is 0. The van der Waals surface area contributed by atoms with Gasteiger partial charge in [0.15, 0.2) is 0 Å². The summed E-state index contributed by atoms with van der Waals surface area (Å²) in [5.41, 5.74) is 6.82. The molecule has 1 unspecified atom stereocenters. The summed E-state index contributed by atoms with van der Waals surface area (Å²) in [5, 5.41) is 2.86. The van der Waals surface area contributed by atoms with Crippen LogP contribution in [0.5, 0.6) is 0 Å². The molecule has 1 aromatic heterocycles. The first-order valence-electron chi connectivity index (χ1n) is 4.37. The Labute approximate surface area is 82.7 Å². The number of carbonyl (C=O) groups is 1. The molecule has 1 amide bonds. The lowest BCUT2D eigenvalue weighted by atomic mass is 10.3. The van der Waals surface area contributed by atoms with Crippen LogP contribution in [-0.4, -0.2) is 21.9 Å². The van der Waals surface area contributed by atoms with Crippen LogP contribution in [0.3, 0.4) is 0 Å². The van der Waals surface area contributed by atoms with E-state index < -0.39 is 11.9 Å². The molecule has 1 atom stereocenters. The van der Waals surface area contributed by atoms with Crippen LogP contribution in [0.2, 0.25) is 0 Å². The smallest absolute Gasteiger partial charge is 0.239 e. The number of rotatable bonds is 3. The molecule has 1 rings (SSSR count). The molecular weight excluding hydrogens is 180 g/mol. The normalized spacial score (nSPS) is 12.2. The number of nitrogens with zero attached hydrogens (tertiary/aromatic N) is 2. The standard InChI is InChI=1S/C9H14N4O/c1-5-6(2)12-8(4-11-5)13-7(3)9(10)14/h4,7H,1-3H3,(H2,10,14)(H,12,13). The van der Waals surface area contributed by atoms with Crippen LogP contribution in [0.15, 0.2) is 6.20 Å². The lowest BCUT2D eigenvalue weighted by Crippen LogP contribution is -2.32. The maximum Gasteiger partial charge on any atom is 0.239 e. The zero-order chi connectivity index (χ0) is 10.7. The number of carbonyl (C=O) groups excluding carboxylic acids is 1. The predicted octanol–water partition coefficient (Wildman–Crippen LogP) is 0.379. The maximum atomic E-state index is 10.8. The Morgan fingerprint density at radius 3 is 2.64 bits per heavy atom. The molecule has 3 N–H and O–H groups in total. The molecule has 14 heavy (non-hydrogen) atoms. The minimum Gasteiger partial charge on any atom is -0.368 e. The first-order valence-corrected chi connectivity index (χ1v) is 4.37. The van der Waals surface area contributed by atoms with Crippen molar-refractivity contribution in [1.29, 1.82) is 0 Å². The Balaban J connectivity index is 2.78. The third kappa shape index (κ3) is 2.42. The Morgan fingerprint density at radius 1 is 1.50 bits per heavy atom. The fourth-order valence-electron chi connectivity index (χ4n) is 0.904. The number of aryl methyl sites for hydroxylation is 2. The van der Waals surface area contributed by atoms with E-state index in [4.69, 9.17) is 5.73 Å². The van der Waals surface area contributed by atoms with E-state index >= 15 is 0 Å². The Morgan fingerprint density at radius 2 is 2.14 bits per heavy atom. The molecule has 1 aromatic rings. The van der Waals surface area contributed by atoms with Crippen LogP contribution >= 0.6 is 0 Å². The van der Waals surface area contributed by atoms with Gasteiger partial charge in [0.1, 0.15) is 11.9 Å². The SMILES string of the molecule is Cc1ncc(NC(C)C(N)=O)nc1C. The van der Waals surface area contributed by atoms with E-state index in [0.717, 1.165) is 11.4 Å². The molecule has 0 bridgehead atoms. The van der Waals surface area contributed by atoms with Gasteiger partial charge in [0.2, 0.25) is 5.91 Å². The molecule has 76 valence electrons. The third-order valence-corrected chi connectivity index (χ3v) is 1.98. The average molecular weight is 194 g/mol. The topological polar surface area (TPSA) is 80.9 Å². The number of nitrogens with two attached hydrogens (primary N) is 1. The van der Waals surface area contributed by atoms with E-state index in [1.807, 2.05) is 13.8 Å². The van der Waals surface area contributed by atoms with Crippen LogP contribution < -0.4 is 11.1 Å². The van der Waals surface area contributed by atoms with Gasteiger partial charge in [-0.15, -0.1) is 0 Å². The minimum absolute atomic E-state index is 0.412. The van der Waals surface area contributed by atoms with Crippen molar-refractivity contribution in [2.24, 2.45) is 5.73 Å². The summed E-state index contributed by atoms with van der Waals surface area (Å²) in [4.78, 5) is 19.1.